The van der Waals surface area contributed by atoms with Gasteiger partial charge in [0.25, 0.3) is 0 Å². The predicted octanol–water partition coefficient (Wildman–Crippen LogP) is 4.59. The molecule has 0 heterocycles. The molecule has 106 valence electrons. The lowest BCUT2D eigenvalue weighted by atomic mass is 9.98. The zero-order valence-electron chi connectivity index (χ0n) is 12.7. The summed E-state index contributed by atoms with van der Waals surface area (Å²) >= 11 is 0. The van der Waals surface area contributed by atoms with Gasteiger partial charge in [-0.05, 0) is 42.7 Å². The molecule has 1 saturated carbocycles. The van der Waals surface area contributed by atoms with Gasteiger partial charge in [-0.3, -0.25) is 0 Å². The van der Waals surface area contributed by atoms with Crippen molar-refractivity contribution in [1.29, 1.82) is 0 Å². The molecule has 0 spiro atoms. The second-order valence-corrected chi connectivity index (χ2v) is 6.41. The van der Waals surface area contributed by atoms with Gasteiger partial charge in [-0.2, -0.15) is 0 Å². The molecule has 1 aromatic rings. The number of nitrogens with one attached hydrogen (secondary N) is 1. The van der Waals surface area contributed by atoms with Crippen molar-refractivity contribution in [2.24, 2.45) is 11.8 Å². The lowest BCUT2D eigenvalue weighted by molar-refractivity contribution is 0.406. The number of rotatable bonds is 8. The summed E-state index contributed by atoms with van der Waals surface area (Å²) in [6.07, 6.45) is 5.46. The van der Waals surface area contributed by atoms with Crippen molar-refractivity contribution < 1.29 is 0 Å². The molecule has 1 heteroatoms. The maximum absolute atomic E-state index is 3.72. The second-order valence-electron chi connectivity index (χ2n) is 6.41. The molecule has 3 unspecified atom stereocenters. The molecule has 1 aliphatic carbocycles. The molecule has 19 heavy (non-hydrogen) atoms. The van der Waals surface area contributed by atoms with Crippen LogP contribution >= 0.6 is 0 Å². The normalized spacial score (nSPS) is 23.6. The van der Waals surface area contributed by atoms with Gasteiger partial charge in [0.05, 0.1) is 0 Å². The molecule has 0 bridgehead atoms. The maximum Gasteiger partial charge on any atom is 0.0101 e. The van der Waals surface area contributed by atoms with Crippen LogP contribution in [0.25, 0.3) is 0 Å². The summed E-state index contributed by atoms with van der Waals surface area (Å²) in [5.74, 6) is 2.52. The summed E-state index contributed by atoms with van der Waals surface area (Å²) in [6, 6.07) is 11.8. The molecule has 0 aliphatic heterocycles. The van der Waals surface area contributed by atoms with Crippen LogP contribution in [-0.4, -0.2) is 12.6 Å². The minimum atomic E-state index is 0.731. The molecule has 0 saturated heterocycles. The number of hydrogen-bond acceptors (Lipinski definition) is 1. The zero-order chi connectivity index (χ0) is 13.7. The molecular formula is C18H29N. The average molecular weight is 259 g/mol. The third-order valence-electron chi connectivity index (χ3n) is 4.35. The van der Waals surface area contributed by atoms with Crippen molar-refractivity contribution in [3.8, 4) is 0 Å². The maximum atomic E-state index is 3.72. The Morgan fingerprint density at radius 3 is 2.53 bits per heavy atom. The second kappa shape index (κ2) is 7.09. The lowest BCUT2D eigenvalue weighted by Crippen LogP contribution is -2.31. The van der Waals surface area contributed by atoms with E-state index in [9.17, 15) is 0 Å². The topological polar surface area (TPSA) is 12.0 Å². The van der Waals surface area contributed by atoms with Crippen molar-refractivity contribution in [2.45, 2.75) is 58.4 Å². The summed E-state index contributed by atoms with van der Waals surface area (Å²) in [6.45, 7) is 7.98. The first kappa shape index (κ1) is 14.6. The highest BCUT2D eigenvalue weighted by Crippen LogP contribution is 2.50. The van der Waals surface area contributed by atoms with Crippen molar-refractivity contribution in [2.75, 3.05) is 6.54 Å². The van der Waals surface area contributed by atoms with E-state index in [1.165, 1.54) is 25.7 Å². The molecule has 1 aromatic carbocycles. The molecular weight excluding hydrogens is 230 g/mol. The predicted molar refractivity (Wildman–Crippen MR) is 83.4 cm³/mol. The Bertz CT molecular complexity index is 357. The molecule has 1 N–H and O–H groups in total. The first-order chi connectivity index (χ1) is 9.22. The minimum absolute atomic E-state index is 0.731. The third-order valence-corrected chi connectivity index (χ3v) is 4.35. The van der Waals surface area contributed by atoms with Gasteiger partial charge in [0.1, 0.15) is 0 Å². The average Bonchev–Trinajstić information content (AvgIpc) is 3.18. The fraction of sp³-hybridized carbons (Fsp3) is 0.667. The Hall–Kier alpha value is -0.820. The van der Waals surface area contributed by atoms with E-state index in [4.69, 9.17) is 0 Å². The van der Waals surface area contributed by atoms with Gasteiger partial charge in [-0.25, -0.2) is 0 Å². The Balaban J connectivity index is 1.84. The summed E-state index contributed by atoms with van der Waals surface area (Å²) < 4.78 is 0. The largest absolute Gasteiger partial charge is 0.314 e. The van der Waals surface area contributed by atoms with Crippen molar-refractivity contribution >= 4 is 0 Å². The molecule has 1 fully saturated rings. The highest BCUT2D eigenvalue weighted by molar-refractivity contribution is 5.26. The Labute approximate surface area is 118 Å². The summed E-state index contributed by atoms with van der Waals surface area (Å²) in [7, 11) is 0. The first-order valence-electron chi connectivity index (χ1n) is 8.00. The van der Waals surface area contributed by atoms with E-state index in [0.29, 0.717) is 0 Å². The van der Waals surface area contributed by atoms with Crippen LogP contribution in [0.5, 0.6) is 0 Å². The van der Waals surface area contributed by atoms with Crippen LogP contribution in [0.1, 0.15) is 57.9 Å². The van der Waals surface area contributed by atoms with Crippen molar-refractivity contribution in [3.05, 3.63) is 35.9 Å². The highest BCUT2D eigenvalue weighted by Gasteiger charge is 2.42. The van der Waals surface area contributed by atoms with Crippen LogP contribution in [0.3, 0.4) is 0 Å². The van der Waals surface area contributed by atoms with Gasteiger partial charge in [-0.15, -0.1) is 0 Å². The van der Waals surface area contributed by atoms with Gasteiger partial charge < -0.3 is 5.32 Å². The standard InChI is InChI=1S/C18H29N/c1-4-19-18(12-8-9-14(2)3)17-13-16(17)15-10-6-5-7-11-15/h5-7,10-11,14,16-19H,4,8-9,12-13H2,1-3H3. The van der Waals surface area contributed by atoms with E-state index >= 15 is 0 Å². The van der Waals surface area contributed by atoms with Crippen LogP contribution in [0, 0.1) is 11.8 Å². The summed E-state index contributed by atoms with van der Waals surface area (Å²) in [4.78, 5) is 0. The summed E-state index contributed by atoms with van der Waals surface area (Å²) in [5, 5.41) is 3.72. The van der Waals surface area contributed by atoms with Gasteiger partial charge in [-0.1, -0.05) is 63.9 Å². The van der Waals surface area contributed by atoms with Gasteiger partial charge >= 0.3 is 0 Å². The monoisotopic (exact) mass is 259 g/mol. The van der Waals surface area contributed by atoms with E-state index in [1.807, 2.05) is 0 Å². The zero-order valence-corrected chi connectivity index (χ0v) is 12.7. The number of hydrogen-bond donors (Lipinski definition) is 1. The fourth-order valence-electron chi connectivity index (χ4n) is 3.22. The lowest BCUT2D eigenvalue weighted by Gasteiger charge is -2.18. The molecule has 0 radical (unpaired) electrons. The Morgan fingerprint density at radius 2 is 1.89 bits per heavy atom. The van der Waals surface area contributed by atoms with Gasteiger partial charge in [0, 0.05) is 6.04 Å². The Morgan fingerprint density at radius 1 is 1.16 bits per heavy atom. The third kappa shape index (κ3) is 4.35. The molecule has 1 nitrogen and oxygen atoms in total. The fourth-order valence-corrected chi connectivity index (χ4v) is 3.22. The van der Waals surface area contributed by atoms with Gasteiger partial charge in [0.2, 0.25) is 0 Å². The van der Waals surface area contributed by atoms with Crippen LogP contribution in [-0.2, 0) is 0 Å². The SMILES string of the molecule is CCNC(CCCC(C)C)C1CC1c1ccccc1. The minimum Gasteiger partial charge on any atom is -0.314 e. The van der Waals surface area contributed by atoms with Crippen molar-refractivity contribution in [1.82, 2.24) is 5.32 Å². The molecule has 2 rings (SSSR count). The van der Waals surface area contributed by atoms with E-state index in [0.717, 1.165) is 30.3 Å². The molecule has 0 amide bonds. The summed E-state index contributed by atoms with van der Waals surface area (Å²) in [5.41, 5.74) is 1.54. The van der Waals surface area contributed by atoms with E-state index in [1.54, 1.807) is 5.56 Å². The first-order valence-corrected chi connectivity index (χ1v) is 8.00. The van der Waals surface area contributed by atoms with E-state index in [2.05, 4.69) is 56.4 Å². The van der Waals surface area contributed by atoms with Crippen LogP contribution in [0.4, 0.5) is 0 Å². The smallest absolute Gasteiger partial charge is 0.0101 e. The van der Waals surface area contributed by atoms with Crippen LogP contribution in [0.15, 0.2) is 30.3 Å². The Kier molecular flexibility index (Phi) is 5.45. The molecule has 1 aliphatic rings. The van der Waals surface area contributed by atoms with Crippen molar-refractivity contribution in [3.63, 3.8) is 0 Å². The molecule has 3 atom stereocenters. The van der Waals surface area contributed by atoms with Crippen LogP contribution < -0.4 is 5.32 Å². The molecule has 0 aromatic heterocycles. The number of benzene rings is 1. The van der Waals surface area contributed by atoms with E-state index in [-0.39, 0.29) is 0 Å². The van der Waals surface area contributed by atoms with Crippen LogP contribution in [0.2, 0.25) is 0 Å². The van der Waals surface area contributed by atoms with Gasteiger partial charge in [0.15, 0.2) is 0 Å². The highest BCUT2D eigenvalue weighted by atomic mass is 14.9. The van der Waals surface area contributed by atoms with E-state index < -0.39 is 0 Å². The quantitative estimate of drug-likeness (QED) is 0.719.